The number of H-pyrrole nitrogens is 1. The minimum atomic E-state index is -1.87. The molecule has 1 heterocycles. The molecule has 2 rings (SSSR count). The van der Waals surface area contributed by atoms with E-state index in [0.717, 1.165) is 0 Å². The van der Waals surface area contributed by atoms with Crippen molar-refractivity contribution in [2.75, 3.05) is 17.2 Å². The van der Waals surface area contributed by atoms with E-state index in [1.54, 1.807) is 18.5 Å². The predicted molar refractivity (Wildman–Crippen MR) is 97.5 cm³/mol. The number of aromatic amines is 1. The van der Waals surface area contributed by atoms with Crippen LogP contribution in [0.25, 0.3) is 0 Å². The molecule has 1 aromatic heterocycles. The van der Waals surface area contributed by atoms with Crippen molar-refractivity contribution in [2.45, 2.75) is 18.4 Å². The molecule has 2 amide bonds. The summed E-state index contributed by atoms with van der Waals surface area (Å²) in [7, 11) is 0. The lowest BCUT2D eigenvalue weighted by atomic mass is 9.92. The maximum Gasteiger partial charge on any atom is 0.254 e. The van der Waals surface area contributed by atoms with Gasteiger partial charge in [-0.2, -0.15) is 0 Å². The summed E-state index contributed by atoms with van der Waals surface area (Å²) >= 11 is 11.8. The number of amides is 2. The Hall–Kier alpha value is -2.29. The van der Waals surface area contributed by atoms with Gasteiger partial charge >= 0.3 is 0 Å². The highest BCUT2D eigenvalue weighted by Crippen LogP contribution is 2.26. The van der Waals surface area contributed by atoms with Crippen LogP contribution in [0, 0.1) is 0 Å². The molecule has 8 nitrogen and oxygen atoms in total. The van der Waals surface area contributed by atoms with Gasteiger partial charge in [0.2, 0.25) is 5.91 Å². The Morgan fingerprint density at radius 2 is 2.08 bits per heavy atom. The van der Waals surface area contributed by atoms with Gasteiger partial charge in [0.15, 0.2) is 11.5 Å². The molecule has 0 saturated carbocycles. The third-order valence-electron chi connectivity index (χ3n) is 3.56. The van der Waals surface area contributed by atoms with Gasteiger partial charge < -0.3 is 27.1 Å². The topological polar surface area (TPSA) is 139 Å². The lowest BCUT2D eigenvalue weighted by molar-refractivity contribution is -0.132. The van der Waals surface area contributed by atoms with E-state index in [2.05, 4.69) is 20.6 Å². The average molecular weight is 385 g/mol. The Morgan fingerprint density at radius 3 is 2.68 bits per heavy atom. The predicted octanol–water partition coefficient (Wildman–Crippen LogP) is 1.73. The monoisotopic (exact) mass is 384 g/mol. The molecule has 0 saturated heterocycles. The molecule has 1 atom stereocenters. The number of halogens is 2. The van der Waals surface area contributed by atoms with Crippen LogP contribution in [0.4, 0.5) is 11.6 Å². The number of nitrogens with two attached hydrogens (primary N) is 2. The summed E-state index contributed by atoms with van der Waals surface area (Å²) in [6.45, 7) is 0.453. The van der Waals surface area contributed by atoms with E-state index in [1.165, 1.54) is 12.1 Å². The van der Waals surface area contributed by atoms with Crippen LogP contribution < -0.4 is 22.1 Å². The van der Waals surface area contributed by atoms with Crippen molar-refractivity contribution in [2.24, 2.45) is 11.5 Å². The molecule has 0 aliphatic rings. The van der Waals surface area contributed by atoms with Crippen LogP contribution in [0.2, 0.25) is 10.0 Å². The second kappa shape index (κ2) is 8.19. The van der Waals surface area contributed by atoms with Crippen molar-refractivity contribution in [1.29, 1.82) is 0 Å². The molecule has 2 aromatic rings. The maximum absolute atomic E-state index is 12.5. The van der Waals surface area contributed by atoms with Crippen LogP contribution in [0.15, 0.2) is 30.6 Å². The molecule has 1 aromatic carbocycles. The van der Waals surface area contributed by atoms with Crippen molar-refractivity contribution in [1.82, 2.24) is 9.97 Å². The van der Waals surface area contributed by atoms with Crippen molar-refractivity contribution in [3.63, 3.8) is 0 Å². The van der Waals surface area contributed by atoms with Gasteiger partial charge in [-0.1, -0.05) is 23.2 Å². The molecule has 10 heteroatoms. The minimum Gasteiger partial charge on any atom is -0.368 e. The van der Waals surface area contributed by atoms with Crippen LogP contribution in [0.1, 0.15) is 12.8 Å². The number of carbonyl (C=O) groups excluding carboxylic acids is 2. The first-order valence-electron chi connectivity index (χ1n) is 7.41. The fourth-order valence-electron chi connectivity index (χ4n) is 2.11. The Bertz CT molecular complexity index is 752. The molecule has 0 bridgehead atoms. The highest BCUT2D eigenvalue weighted by Gasteiger charge is 2.40. The number of aromatic nitrogens is 2. The number of carbonyl (C=O) groups is 2. The Balaban J connectivity index is 1.99. The van der Waals surface area contributed by atoms with Crippen LogP contribution in [0.5, 0.6) is 0 Å². The summed E-state index contributed by atoms with van der Waals surface area (Å²) in [5, 5.41) is 6.16. The lowest BCUT2D eigenvalue weighted by Gasteiger charge is -2.25. The van der Waals surface area contributed by atoms with E-state index in [4.69, 9.17) is 34.7 Å². The summed E-state index contributed by atoms with van der Waals surface area (Å²) in [6.07, 6.45) is 3.74. The van der Waals surface area contributed by atoms with Crippen molar-refractivity contribution < 1.29 is 9.59 Å². The van der Waals surface area contributed by atoms with Crippen LogP contribution in [-0.4, -0.2) is 33.9 Å². The zero-order valence-electron chi connectivity index (χ0n) is 13.2. The van der Waals surface area contributed by atoms with Gasteiger partial charge in [0.25, 0.3) is 5.91 Å². The van der Waals surface area contributed by atoms with Crippen molar-refractivity contribution in [3.8, 4) is 0 Å². The number of anilines is 2. The third-order valence-corrected chi connectivity index (χ3v) is 4.11. The normalized spacial score (nSPS) is 13.1. The van der Waals surface area contributed by atoms with Gasteiger partial charge in [0.05, 0.1) is 10.7 Å². The lowest BCUT2D eigenvalue weighted by Crippen LogP contribution is -2.60. The zero-order valence-corrected chi connectivity index (χ0v) is 14.7. The fraction of sp³-hybridized carbons (Fsp3) is 0.267. The first kappa shape index (κ1) is 19.0. The number of hydrogen-bond acceptors (Lipinski definition) is 5. The van der Waals surface area contributed by atoms with E-state index >= 15 is 0 Å². The number of benzene rings is 1. The van der Waals surface area contributed by atoms with E-state index in [-0.39, 0.29) is 11.4 Å². The highest BCUT2D eigenvalue weighted by molar-refractivity contribution is 6.36. The van der Waals surface area contributed by atoms with Crippen LogP contribution in [-0.2, 0) is 9.59 Å². The quantitative estimate of drug-likeness (QED) is 0.348. The Labute approximate surface area is 154 Å². The van der Waals surface area contributed by atoms with Crippen LogP contribution in [0.3, 0.4) is 0 Å². The minimum absolute atomic E-state index is 0.0487. The third kappa shape index (κ3) is 4.85. The zero-order chi connectivity index (χ0) is 18.4. The summed E-state index contributed by atoms with van der Waals surface area (Å²) in [4.78, 5) is 31.1. The fourth-order valence-corrected chi connectivity index (χ4v) is 2.57. The van der Waals surface area contributed by atoms with E-state index in [1.807, 2.05) is 0 Å². The van der Waals surface area contributed by atoms with Gasteiger partial charge in [0, 0.05) is 24.0 Å². The van der Waals surface area contributed by atoms with Gasteiger partial charge in [-0.3, -0.25) is 9.59 Å². The first-order valence-corrected chi connectivity index (χ1v) is 8.17. The number of nitrogens with zero attached hydrogens (tertiary/aromatic N) is 1. The van der Waals surface area contributed by atoms with Gasteiger partial charge in [-0.05, 0) is 31.0 Å². The summed E-state index contributed by atoms with van der Waals surface area (Å²) in [5.74, 6) is -1.07. The molecule has 0 radical (unpaired) electrons. The van der Waals surface area contributed by atoms with E-state index in [9.17, 15) is 9.59 Å². The molecular formula is C15H18Cl2N6O2. The number of rotatable bonds is 8. The van der Waals surface area contributed by atoms with Crippen molar-refractivity contribution >= 4 is 46.7 Å². The standard InChI is InChI=1S/C15H18Cl2N6O2/c16-9-2-3-11(10(17)8-9)23-13(25)15(19,12(18)24)4-1-5-20-14-21-6-7-22-14/h2-3,6-8H,1,4-5,19H2,(H2,18,24)(H,23,25)(H2,20,21,22)/t15-/m0/s1. The first-order chi connectivity index (χ1) is 11.8. The molecular weight excluding hydrogens is 367 g/mol. The molecule has 25 heavy (non-hydrogen) atoms. The molecule has 7 N–H and O–H groups in total. The Morgan fingerprint density at radius 1 is 1.32 bits per heavy atom. The SMILES string of the molecule is NC(=O)[C@@](N)(CCCNc1ncc[nH]1)C(=O)Nc1ccc(Cl)cc1Cl. The molecule has 0 aliphatic heterocycles. The molecule has 0 unspecified atom stereocenters. The number of nitrogens with one attached hydrogen (secondary N) is 3. The maximum atomic E-state index is 12.5. The van der Waals surface area contributed by atoms with Gasteiger partial charge in [-0.25, -0.2) is 4.98 Å². The molecule has 0 aliphatic carbocycles. The van der Waals surface area contributed by atoms with Crippen molar-refractivity contribution in [3.05, 3.63) is 40.6 Å². The smallest absolute Gasteiger partial charge is 0.254 e. The largest absolute Gasteiger partial charge is 0.368 e. The highest BCUT2D eigenvalue weighted by atomic mass is 35.5. The van der Waals surface area contributed by atoms with Gasteiger partial charge in [-0.15, -0.1) is 0 Å². The van der Waals surface area contributed by atoms with E-state index < -0.39 is 17.4 Å². The summed E-state index contributed by atoms with van der Waals surface area (Å²) < 4.78 is 0. The molecule has 0 fully saturated rings. The molecule has 134 valence electrons. The van der Waals surface area contributed by atoms with Gasteiger partial charge in [0.1, 0.15) is 0 Å². The second-order valence-corrected chi connectivity index (χ2v) is 6.23. The summed E-state index contributed by atoms with van der Waals surface area (Å²) in [6, 6.07) is 4.54. The Kier molecular flexibility index (Phi) is 6.24. The van der Waals surface area contributed by atoms with E-state index in [0.29, 0.717) is 29.6 Å². The number of hydrogen-bond donors (Lipinski definition) is 5. The van der Waals surface area contributed by atoms with Crippen LogP contribution >= 0.6 is 23.2 Å². The molecule has 0 spiro atoms. The summed E-state index contributed by atoms with van der Waals surface area (Å²) in [5.41, 5.74) is 9.74. The number of imidazole rings is 1. The average Bonchev–Trinajstić information content (AvgIpc) is 3.07. The second-order valence-electron chi connectivity index (χ2n) is 5.38. The number of primary amides is 1.